The van der Waals surface area contributed by atoms with Crippen molar-refractivity contribution in [1.29, 1.82) is 0 Å². The van der Waals surface area contributed by atoms with Crippen LogP contribution < -0.4 is 10.1 Å². The predicted octanol–water partition coefficient (Wildman–Crippen LogP) is 0.388. The van der Waals surface area contributed by atoms with E-state index in [-0.39, 0.29) is 37.3 Å². The number of benzene rings is 1. The first-order valence-electron chi connectivity index (χ1n) is 12.7. The third-order valence-corrected chi connectivity index (χ3v) is 8.24. The molecule has 3 atom stereocenters. The van der Waals surface area contributed by atoms with E-state index in [0.29, 0.717) is 49.7 Å². The molecule has 0 saturated carbocycles. The molecular weight excluding hydrogens is 500 g/mol. The van der Waals surface area contributed by atoms with Gasteiger partial charge in [0.25, 0.3) is 0 Å². The number of anilines is 1. The van der Waals surface area contributed by atoms with Gasteiger partial charge in [0.2, 0.25) is 21.8 Å². The second-order valence-corrected chi connectivity index (χ2v) is 12.1. The van der Waals surface area contributed by atoms with Crippen LogP contribution in [0.2, 0.25) is 0 Å². The smallest absolute Gasteiger partial charge is 0.227 e. The van der Waals surface area contributed by atoms with Crippen molar-refractivity contribution >= 4 is 27.5 Å². The molecular formula is C25H40N4O7S. The van der Waals surface area contributed by atoms with Crippen molar-refractivity contribution in [3.8, 4) is 5.75 Å². The van der Waals surface area contributed by atoms with Gasteiger partial charge in [-0.1, -0.05) is 6.92 Å². The summed E-state index contributed by atoms with van der Waals surface area (Å²) in [7, 11) is -1.94. The molecule has 12 heteroatoms. The van der Waals surface area contributed by atoms with Gasteiger partial charge in [-0.25, -0.2) is 12.7 Å². The van der Waals surface area contributed by atoms with Gasteiger partial charge in [-0.05, 0) is 25.1 Å². The van der Waals surface area contributed by atoms with E-state index < -0.39 is 22.2 Å². The lowest BCUT2D eigenvalue weighted by Gasteiger charge is -2.33. The Morgan fingerprint density at radius 3 is 2.65 bits per heavy atom. The summed E-state index contributed by atoms with van der Waals surface area (Å²) in [6.07, 6.45) is 0.967. The van der Waals surface area contributed by atoms with Gasteiger partial charge in [-0.2, -0.15) is 0 Å². The first-order chi connectivity index (χ1) is 17.5. The summed E-state index contributed by atoms with van der Waals surface area (Å²) in [5.41, 5.74) is 1.15. The van der Waals surface area contributed by atoms with E-state index in [2.05, 4.69) is 10.2 Å². The molecule has 3 rings (SSSR count). The van der Waals surface area contributed by atoms with Crippen LogP contribution in [0.15, 0.2) is 18.2 Å². The van der Waals surface area contributed by atoms with Crippen LogP contribution in [0, 0.1) is 5.92 Å². The molecule has 11 nitrogen and oxygen atoms in total. The standard InChI is InChI=1S/C25H40N4O7S/c1-18-15-29(19(2)17-30)25(32)14-20-13-21(26-24(31)7-8-28-9-11-35-12-10-28)5-6-22(20)36-23(18)16-27(3)37(4,33)34/h5-6,13,18-19,23,30H,7-12,14-17H2,1-4H3,(H,26,31)/t18-,19+,23-/m1/s1. The Bertz CT molecular complexity index is 1050. The Morgan fingerprint density at radius 2 is 2.00 bits per heavy atom. The molecule has 0 unspecified atom stereocenters. The lowest BCUT2D eigenvalue weighted by Crippen LogP contribution is -2.48. The number of morpholine rings is 1. The van der Waals surface area contributed by atoms with E-state index in [4.69, 9.17) is 9.47 Å². The Balaban J connectivity index is 1.81. The van der Waals surface area contributed by atoms with Crippen LogP contribution in [0.4, 0.5) is 5.69 Å². The molecule has 0 bridgehead atoms. The minimum absolute atomic E-state index is 0.0263. The van der Waals surface area contributed by atoms with Gasteiger partial charge >= 0.3 is 0 Å². The fraction of sp³-hybridized carbons (Fsp3) is 0.680. The lowest BCUT2D eigenvalue weighted by molar-refractivity contribution is -0.134. The zero-order chi connectivity index (χ0) is 27.2. The van der Waals surface area contributed by atoms with Crippen LogP contribution >= 0.6 is 0 Å². The molecule has 0 aliphatic carbocycles. The van der Waals surface area contributed by atoms with Gasteiger partial charge in [0.15, 0.2) is 0 Å². The number of aliphatic hydroxyl groups is 1. The van der Waals surface area contributed by atoms with Gasteiger partial charge in [0.1, 0.15) is 11.9 Å². The Hall–Kier alpha value is -2.25. The van der Waals surface area contributed by atoms with E-state index in [9.17, 15) is 23.1 Å². The molecule has 2 N–H and O–H groups in total. The molecule has 0 radical (unpaired) electrons. The summed E-state index contributed by atoms with van der Waals surface area (Å²) in [6.45, 7) is 7.49. The van der Waals surface area contributed by atoms with Crippen molar-refractivity contribution < 1.29 is 32.6 Å². The number of likely N-dealkylation sites (N-methyl/N-ethyl adjacent to an activating group) is 1. The molecule has 1 aromatic rings. The normalized spacial score (nSPS) is 22.4. The van der Waals surface area contributed by atoms with E-state index in [1.807, 2.05) is 6.92 Å². The molecule has 37 heavy (non-hydrogen) atoms. The number of hydrogen-bond acceptors (Lipinski definition) is 8. The minimum atomic E-state index is -3.44. The second-order valence-electron chi connectivity index (χ2n) is 10.0. The number of fused-ring (bicyclic) bond motifs is 1. The van der Waals surface area contributed by atoms with Crippen molar-refractivity contribution in [3.63, 3.8) is 0 Å². The summed E-state index contributed by atoms with van der Waals surface area (Å²) < 4.78 is 37.0. The van der Waals surface area contributed by atoms with E-state index in [0.717, 1.165) is 19.3 Å². The second kappa shape index (κ2) is 13.0. The zero-order valence-electron chi connectivity index (χ0n) is 22.2. The topological polar surface area (TPSA) is 129 Å². The third kappa shape index (κ3) is 8.37. The van der Waals surface area contributed by atoms with Crippen LogP contribution in [-0.4, -0.2) is 117 Å². The Labute approximate surface area is 219 Å². The van der Waals surface area contributed by atoms with Crippen molar-refractivity contribution in [3.05, 3.63) is 23.8 Å². The maximum Gasteiger partial charge on any atom is 0.227 e. The number of carbonyl (C=O) groups is 2. The summed E-state index contributed by atoms with van der Waals surface area (Å²) in [4.78, 5) is 29.7. The molecule has 1 aromatic carbocycles. The maximum absolute atomic E-state index is 13.3. The van der Waals surface area contributed by atoms with Gasteiger partial charge in [-0.3, -0.25) is 14.5 Å². The molecule has 0 spiro atoms. The molecule has 1 saturated heterocycles. The van der Waals surface area contributed by atoms with Crippen LogP contribution in [0.5, 0.6) is 5.75 Å². The average Bonchev–Trinajstić information content (AvgIpc) is 2.90. The highest BCUT2D eigenvalue weighted by Gasteiger charge is 2.32. The van der Waals surface area contributed by atoms with Crippen LogP contribution in [0.3, 0.4) is 0 Å². The molecule has 2 amide bonds. The molecule has 2 heterocycles. The zero-order valence-corrected chi connectivity index (χ0v) is 23.0. The van der Waals surface area contributed by atoms with E-state index >= 15 is 0 Å². The largest absolute Gasteiger partial charge is 0.488 e. The molecule has 2 aliphatic heterocycles. The number of nitrogens with zero attached hydrogens (tertiary/aromatic N) is 3. The molecule has 2 aliphatic rings. The summed E-state index contributed by atoms with van der Waals surface area (Å²) in [5, 5.41) is 12.7. The Kier molecular flexibility index (Phi) is 10.3. The highest BCUT2D eigenvalue weighted by Crippen LogP contribution is 2.29. The predicted molar refractivity (Wildman–Crippen MR) is 140 cm³/mol. The highest BCUT2D eigenvalue weighted by atomic mass is 32.2. The van der Waals surface area contributed by atoms with Gasteiger partial charge in [0, 0.05) is 56.8 Å². The molecule has 0 aromatic heterocycles. The number of hydrogen-bond donors (Lipinski definition) is 2. The van der Waals surface area contributed by atoms with Gasteiger partial charge < -0.3 is 24.8 Å². The van der Waals surface area contributed by atoms with E-state index in [1.165, 1.54) is 11.4 Å². The maximum atomic E-state index is 13.3. The third-order valence-electron chi connectivity index (χ3n) is 6.96. The molecule has 208 valence electrons. The van der Waals surface area contributed by atoms with Crippen molar-refractivity contribution in [2.45, 2.75) is 38.8 Å². The van der Waals surface area contributed by atoms with Crippen LogP contribution in [-0.2, 0) is 30.8 Å². The van der Waals surface area contributed by atoms with Gasteiger partial charge in [-0.15, -0.1) is 0 Å². The lowest BCUT2D eigenvalue weighted by atomic mass is 10.0. The van der Waals surface area contributed by atoms with Crippen molar-refractivity contribution in [2.24, 2.45) is 5.92 Å². The highest BCUT2D eigenvalue weighted by molar-refractivity contribution is 7.88. The monoisotopic (exact) mass is 540 g/mol. The first-order valence-corrected chi connectivity index (χ1v) is 14.5. The average molecular weight is 541 g/mol. The van der Waals surface area contributed by atoms with Gasteiger partial charge in [0.05, 0.1) is 45.1 Å². The number of aliphatic hydroxyl groups excluding tert-OH is 1. The molecule has 1 fully saturated rings. The van der Waals surface area contributed by atoms with Crippen LogP contribution in [0.1, 0.15) is 25.8 Å². The number of ether oxygens (including phenoxy) is 2. The summed E-state index contributed by atoms with van der Waals surface area (Å²) in [6, 6.07) is 4.76. The Morgan fingerprint density at radius 1 is 1.30 bits per heavy atom. The van der Waals surface area contributed by atoms with Crippen molar-refractivity contribution in [2.75, 3.05) is 71.2 Å². The number of nitrogens with one attached hydrogen (secondary N) is 1. The fourth-order valence-electron chi connectivity index (χ4n) is 4.42. The van der Waals surface area contributed by atoms with Crippen LogP contribution in [0.25, 0.3) is 0 Å². The van der Waals surface area contributed by atoms with Crippen molar-refractivity contribution in [1.82, 2.24) is 14.1 Å². The SMILES string of the molecule is C[C@@H]1CN([C@@H](C)CO)C(=O)Cc2cc(NC(=O)CCN3CCOCC3)ccc2O[C@@H]1CN(C)S(C)(=O)=O. The number of sulfonamides is 1. The quantitative estimate of drug-likeness (QED) is 0.460. The summed E-state index contributed by atoms with van der Waals surface area (Å²) in [5.74, 6) is -0.0469. The first kappa shape index (κ1) is 29.3. The number of amides is 2. The number of rotatable bonds is 9. The number of carbonyl (C=O) groups excluding carboxylic acids is 2. The van der Waals surface area contributed by atoms with E-state index in [1.54, 1.807) is 30.0 Å². The fourth-order valence-corrected chi connectivity index (χ4v) is 4.84. The minimum Gasteiger partial charge on any atom is -0.488 e. The summed E-state index contributed by atoms with van der Waals surface area (Å²) >= 11 is 0.